The van der Waals surface area contributed by atoms with Crippen LogP contribution >= 0.6 is 0 Å². The Balaban J connectivity index is 2.12. The van der Waals surface area contributed by atoms with Crippen LogP contribution in [0.25, 0.3) is 0 Å². The van der Waals surface area contributed by atoms with Crippen molar-refractivity contribution in [1.82, 2.24) is 0 Å². The molecule has 1 aromatic carbocycles. The van der Waals surface area contributed by atoms with Crippen LogP contribution in [0.4, 0.5) is 4.39 Å². The van der Waals surface area contributed by atoms with E-state index >= 15 is 0 Å². The third-order valence-corrected chi connectivity index (χ3v) is 5.46. The summed E-state index contributed by atoms with van der Waals surface area (Å²) in [6.45, 7) is 0.231. The highest BCUT2D eigenvalue weighted by Crippen LogP contribution is 2.27. The van der Waals surface area contributed by atoms with Crippen molar-refractivity contribution >= 4 is 9.84 Å². The van der Waals surface area contributed by atoms with E-state index in [9.17, 15) is 12.8 Å². The van der Waals surface area contributed by atoms with Gasteiger partial charge in [-0.2, -0.15) is 0 Å². The van der Waals surface area contributed by atoms with Crippen molar-refractivity contribution in [1.29, 1.82) is 0 Å². The van der Waals surface area contributed by atoms with E-state index < -0.39 is 15.7 Å². The molecule has 1 aliphatic carbocycles. The molecule has 2 rings (SSSR count). The number of rotatable bonds is 5. The van der Waals surface area contributed by atoms with E-state index in [1.165, 1.54) is 12.1 Å². The largest absolute Gasteiger partial charge is 0.326 e. The van der Waals surface area contributed by atoms with Crippen molar-refractivity contribution < 1.29 is 12.8 Å². The van der Waals surface area contributed by atoms with Crippen molar-refractivity contribution in [2.24, 2.45) is 11.7 Å². The number of halogens is 1. The van der Waals surface area contributed by atoms with Gasteiger partial charge < -0.3 is 5.73 Å². The minimum atomic E-state index is -3.19. The maximum absolute atomic E-state index is 13.2. The van der Waals surface area contributed by atoms with Crippen LogP contribution in [0.15, 0.2) is 18.2 Å². The van der Waals surface area contributed by atoms with Crippen molar-refractivity contribution in [2.75, 3.05) is 5.75 Å². The zero-order valence-electron chi connectivity index (χ0n) is 10.9. The molecule has 0 atom stereocenters. The second-order valence-electron chi connectivity index (χ2n) is 5.32. The number of hydrogen-bond donors (Lipinski definition) is 1. The van der Waals surface area contributed by atoms with E-state index in [1.54, 1.807) is 6.07 Å². The Bertz CT molecular complexity index is 536. The van der Waals surface area contributed by atoms with Crippen LogP contribution in [0.3, 0.4) is 0 Å². The van der Waals surface area contributed by atoms with Gasteiger partial charge in [0.15, 0.2) is 9.84 Å². The Kier molecular flexibility index (Phi) is 4.58. The number of benzene rings is 1. The number of sulfone groups is 1. The van der Waals surface area contributed by atoms with Gasteiger partial charge >= 0.3 is 0 Å². The monoisotopic (exact) mass is 285 g/mol. The van der Waals surface area contributed by atoms with Gasteiger partial charge in [0.1, 0.15) is 5.82 Å². The molecule has 0 amide bonds. The predicted molar refractivity (Wildman–Crippen MR) is 73.7 cm³/mol. The quantitative estimate of drug-likeness (QED) is 0.903. The smallest absolute Gasteiger partial charge is 0.154 e. The molecule has 1 fully saturated rings. The van der Waals surface area contributed by atoms with Gasteiger partial charge in [0.25, 0.3) is 0 Å². The Morgan fingerprint density at radius 2 is 1.89 bits per heavy atom. The summed E-state index contributed by atoms with van der Waals surface area (Å²) in [4.78, 5) is 0. The first kappa shape index (κ1) is 14.5. The summed E-state index contributed by atoms with van der Waals surface area (Å²) in [6.07, 6.45) is 4.22. The van der Waals surface area contributed by atoms with Crippen LogP contribution in [-0.2, 0) is 22.1 Å². The van der Waals surface area contributed by atoms with Gasteiger partial charge in [-0.15, -0.1) is 0 Å². The molecular formula is C14H20FNO2S. The average Bonchev–Trinajstić information content (AvgIpc) is 2.80. The maximum Gasteiger partial charge on any atom is 0.154 e. The minimum absolute atomic E-state index is 0.103. The summed E-state index contributed by atoms with van der Waals surface area (Å²) in [5, 5.41) is 0. The fraction of sp³-hybridized carbons (Fsp3) is 0.571. The second kappa shape index (κ2) is 6.01. The standard InChI is InChI=1S/C14H20FNO2S/c15-14-6-5-12(8-16)13(7-14)10-19(17,18)9-11-3-1-2-4-11/h5-7,11H,1-4,8-10,16H2. The topological polar surface area (TPSA) is 60.2 Å². The van der Waals surface area contributed by atoms with Crippen molar-refractivity contribution in [3.8, 4) is 0 Å². The summed E-state index contributed by atoms with van der Waals surface area (Å²) in [5.74, 6) is -0.0236. The first-order valence-electron chi connectivity index (χ1n) is 6.68. The Hall–Kier alpha value is -0.940. The fourth-order valence-corrected chi connectivity index (χ4v) is 4.67. The van der Waals surface area contributed by atoms with Gasteiger partial charge in [-0.3, -0.25) is 0 Å². The molecule has 5 heteroatoms. The number of hydrogen-bond acceptors (Lipinski definition) is 3. The molecule has 0 saturated heterocycles. The van der Waals surface area contributed by atoms with Gasteiger partial charge in [0, 0.05) is 6.54 Å². The predicted octanol–water partition coefficient (Wildman–Crippen LogP) is 2.39. The second-order valence-corrected chi connectivity index (χ2v) is 7.43. The zero-order valence-corrected chi connectivity index (χ0v) is 11.8. The van der Waals surface area contributed by atoms with Crippen LogP contribution < -0.4 is 5.73 Å². The third kappa shape index (κ3) is 4.01. The lowest BCUT2D eigenvalue weighted by atomic mass is 10.1. The first-order chi connectivity index (χ1) is 9.00. The summed E-state index contributed by atoms with van der Waals surface area (Å²) >= 11 is 0. The molecule has 1 aliphatic rings. The molecule has 0 unspecified atom stereocenters. The molecular weight excluding hydrogens is 265 g/mol. The zero-order chi connectivity index (χ0) is 13.9. The Labute approximate surface area is 113 Å². The molecule has 0 spiro atoms. The highest BCUT2D eigenvalue weighted by molar-refractivity contribution is 7.90. The minimum Gasteiger partial charge on any atom is -0.326 e. The van der Waals surface area contributed by atoms with Crippen molar-refractivity contribution in [3.63, 3.8) is 0 Å². The molecule has 1 saturated carbocycles. The van der Waals surface area contributed by atoms with Gasteiger partial charge in [-0.25, -0.2) is 12.8 Å². The summed E-state index contributed by atoms with van der Waals surface area (Å²) in [6, 6.07) is 4.17. The molecule has 19 heavy (non-hydrogen) atoms. The summed E-state index contributed by atoms with van der Waals surface area (Å²) in [7, 11) is -3.19. The van der Waals surface area contributed by atoms with Crippen molar-refractivity contribution in [2.45, 2.75) is 38.0 Å². The van der Waals surface area contributed by atoms with E-state index in [4.69, 9.17) is 5.73 Å². The molecule has 0 aromatic heterocycles. The number of nitrogens with two attached hydrogens (primary N) is 1. The van der Waals surface area contributed by atoms with Gasteiger partial charge in [-0.1, -0.05) is 18.9 Å². The van der Waals surface area contributed by atoms with Crippen LogP contribution in [0.2, 0.25) is 0 Å². The van der Waals surface area contributed by atoms with E-state index in [0.717, 1.165) is 25.7 Å². The van der Waals surface area contributed by atoms with E-state index in [1.807, 2.05) is 0 Å². The van der Waals surface area contributed by atoms with Crippen LogP contribution in [0.1, 0.15) is 36.8 Å². The summed E-state index contributed by atoms with van der Waals surface area (Å²) < 4.78 is 37.6. The molecule has 0 aliphatic heterocycles. The lowest BCUT2D eigenvalue weighted by molar-refractivity contribution is 0.558. The Morgan fingerprint density at radius 3 is 2.53 bits per heavy atom. The van der Waals surface area contributed by atoms with Gasteiger partial charge in [0.2, 0.25) is 0 Å². The maximum atomic E-state index is 13.2. The van der Waals surface area contributed by atoms with Gasteiger partial charge in [-0.05, 0) is 42.0 Å². The van der Waals surface area contributed by atoms with E-state index in [0.29, 0.717) is 11.1 Å². The third-order valence-electron chi connectivity index (χ3n) is 3.73. The van der Waals surface area contributed by atoms with Crippen LogP contribution in [-0.4, -0.2) is 14.2 Å². The fourth-order valence-electron chi connectivity index (χ4n) is 2.76. The highest BCUT2D eigenvalue weighted by atomic mass is 32.2. The van der Waals surface area contributed by atoms with Crippen LogP contribution in [0, 0.1) is 11.7 Å². The average molecular weight is 285 g/mol. The van der Waals surface area contributed by atoms with E-state index in [-0.39, 0.29) is 24.0 Å². The molecule has 3 nitrogen and oxygen atoms in total. The van der Waals surface area contributed by atoms with E-state index in [2.05, 4.69) is 0 Å². The Morgan fingerprint density at radius 1 is 1.21 bits per heavy atom. The molecule has 0 heterocycles. The molecule has 2 N–H and O–H groups in total. The van der Waals surface area contributed by atoms with Crippen molar-refractivity contribution in [3.05, 3.63) is 35.1 Å². The van der Waals surface area contributed by atoms with Gasteiger partial charge in [0.05, 0.1) is 11.5 Å². The highest BCUT2D eigenvalue weighted by Gasteiger charge is 2.23. The normalized spacial score (nSPS) is 16.9. The molecule has 106 valence electrons. The van der Waals surface area contributed by atoms with Crippen LogP contribution in [0.5, 0.6) is 0 Å². The molecule has 1 aromatic rings. The summed E-state index contributed by atoms with van der Waals surface area (Å²) in [5.41, 5.74) is 6.77. The lowest BCUT2D eigenvalue weighted by Gasteiger charge is -2.12. The SMILES string of the molecule is NCc1ccc(F)cc1CS(=O)(=O)CC1CCCC1. The molecule has 0 radical (unpaired) electrons. The first-order valence-corrected chi connectivity index (χ1v) is 8.50. The molecule has 0 bridgehead atoms. The lowest BCUT2D eigenvalue weighted by Crippen LogP contribution is -2.17.